The summed E-state index contributed by atoms with van der Waals surface area (Å²) < 4.78 is 28.1. The molecule has 1 aromatic heterocycles. The van der Waals surface area contributed by atoms with Crippen LogP contribution in [0.4, 0.5) is 14.5 Å². The van der Waals surface area contributed by atoms with Crippen LogP contribution in [0, 0.1) is 11.6 Å². The van der Waals surface area contributed by atoms with E-state index < -0.39 is 11.6 Å². The highest BCUT2D eigenvalue weighted by molar-refractivity contribution is 5.39. The maximum atomic E-state index is 13.3. The molecule has 0 spiro atoms. The first-order valence-electron chi connectivity index (χ1n) is 4.82. The van der Waals surface area contributed by atoms with Crippen LogP contribution in [0.25, 0.3) is 0 Å². The van der Waals surface area contributed by atoms with Gasteiger partial charge in [0, 0.05) is 25.4 Å². The van der Waals surface area contributed by atoms with Gasteiger partial charge in [0.2, 0.25) is 0 Å². The SMILES string of the molecule is Cn1cc(NCc2c(F)cccc2F)cn1. The lowest BCUT2D eigenvalue weighted by atomic mass is 10.2. The quantitative estimate of drug-likeness (QED) is 0.865. The largest absolute Gasteiger partial charge is 0.378 e. The minimum absolute atomic E-state index is 0.0337. The van der Waals surface area contributed by atoms with Gasteiger partial charge in [-0.1, -0.05) is 6.07 Å². The molecular formula is C11H11F2N3. The maximum absolute atomic E-state index is 13.3. The molecule has 0 aliphatic carbocycles. The Labute approximate surface area is 91.7 Å². The molecule has 0 saturated heterocycles. The summed E-state index contributed by atoms with van der Waals surface area (Å²) in [5.74, 6) is -1.09. The van der Waals surface area contributed by atoms with Crippen molar-refractivity contribution in [3.63, 3.8) is 0 Å². The highest BCUT2D eigenvalue weighted by atomic mass is 19.1. The molecule has 0 aliphatic rings. The minimum atomic E-state index is -0.545. The van der Waals surface area contributed by atoms with Gasteiger partial charge in [0.05, 0.1) is 11.9 Å². The van der Waals surface area contributed by atoms with Crippen molar-refractivity contribution in [2.24, 2.45) is 7.05 Å². The van der Waals surface area contributed by atoms with E-state index in [1.807, 2.05) is 0 Å². The zero-order valence-electron chi connectivity index (χ0n) is 8.74. The molecule has 0 radical (unpaired) electrons. The smallest absolute Gasteiger partial charge is 0.131 e. The zero-order chi connectivity index (χ0) is 11.5. The standard InChI is InChI=1S/C11H11F2N3/c1-16-7-8(5-15-16)14-6-9-10(12)3-2-4-11(9)13/h2-5,7,14H,6H2,1H3. The Kier molecular flexibility index (Phi) is 2.85. The molecule has 0 aliphatic heterocycles. The predicted molar refractivity (Wildman–Crippen MR) is 56.9 cm³/mol. The zero-order valence-corrected chi connectivity index (χ0v) is 8.74. The summed E-state index contributed by atoms with van der Waals surface area (Å²) in [4.78, 5) is 0. The van der Waals surface area contributed by atoms with Crippen molar-refractivity contribution in [2.75, 3.05) is 5.32 Å². The van der Waals surface area contributed by atoms with Crippen molar-refractivity contribution in [3.05, 3.63) is 47.8 Å². The normalized spacial score (nSPS) is 10.4. The molecule has 1 N–H and O–H groups in total. The number of aromatic nitrogens is 2. The van der Waals surface area contributed by atoms with Crippen LogP contribution in [0.5, 0.6) is 0 Å². The molecule has 16 heavy (non-hydrogen) atoms. The highest BCUT2D eigenvalue weighted by Crippen LogP contribution is 2.14. The fourth-order valence-electron chi connectivity index (χ4n) is 1.40. The average Bonchev–Trinajstić information content (AvgIpc) is 2.63. The van der Waals surface area contributed by atoms with Gasteiger partial charge in [0.15, 0.2) is 0 Å². The van der Waals surface area contributed by atoms with E-state index in [1.54, 1.807) is 24.1 Å². The first-order chi connectivity index (χ1) is 7.66. The van der Waals surface area contributed by atoms with Crippen molar-refractivity contribution in [1.82, 2.24) is 9.78 Å². The van der Waals surface area contributed by atoms with Gasteiger partial charge in [0.25, 0.3) is 0 Å². The van der Waals surface area contributed by atoms with Gasteiger partial charge in [-0.05, 0) is 12.1 Å². The molecule has 0 amide bonds. The third-order valence-electron chi connectivity index (χ3n) is 2.24. The molecule has 1 aromatic carbocycles. The number of rotatable bonds is 3. The van der Waals surface area contributed by atoms with E-state index in [2.05, 4.69) is 10.4 Å². The molecule has 3 nitrogen and oxygen atoms in total. The van der Waals surface area contributed by atoms with Gasteiger partial charge in [-0.3, -0.25) is 4.68 Å². The minimum Gasteiger partial charge on any atom is -0.378 e. The second-order valence-electron chi connectivity index (χ2n) is 3.46. The third kappa shape index (κ3) is 2.18. The Morgan fingerprint density at radius 3 is 2.56 bits per heavy atom. The highest BCUT2D eigenvalue weighted by Gasteiger charge is 2.07. The van der Waals surface area contributed by atoms with E-state index in [0.717, 1.165) is 5.69 Å². The van der Waals surface area contributed by atoms with Crippen LogP contribution >= 0.6 is 0 Å². The number of aryl methyl sites for hydroxylation is 1. The fraction of sp³-hybridized carbons (Fsp3) is 0.182. The van der Waals surface area contributed by atoms with E-state index in [0.29, 0.717) is 0 Å². The van der Waals surface area contributed by atoms with Crippen LogP contribution < -0.4 is 5.32 Å². The van der Waals surface area contributed by atoms with Gasteiger partial charge in [0.1, 0.15) is 11.6 Å². The second-order valence-corrected chi connectivity index (χ2v) is 3.46. The number of hydrogen-bond acceptors (Lipinski definition) is 2. The molecule has 0 fully saturated rings. The van der Waals surface area contributed by atoms with E-state index in [1.165, 1.54) is 18.2 Å². The van der Waals surface area contributed by atoms with Crippen molar-refractivity contribution in [3.8, 4) is 0 Å². The number of anilines is 1. The maximum Gasteiger partial charge on any atom is 0.131 e. The lowest BCUT2D eigenvalue weighted by Gasteiger charge is -2.05. The predicted octanol–water partition coefficient (Wildman–Crippen LogP) is 2.31. The molecule has 0 bridgehead atoms. The summed E-state index contributed by atoms with van der Waals surface area (Å²) in [7, 11) is 1.77. The van der Waals surface area contributed by atoms with Gasteiger partial charge in [-0.15, -0.1) is 0 Å². The summed E-state index contributed by atoms with van der Waals surface area (Å²) in [6.45, 7) is 0.101. The van der Waals surface area contributed by atoms with Crippen LogP contribution in [-0.4, -0.2) is 9.78 Å². The van der Waals surface area contributed by atoms with Crippen molar-refractivity contribution in [1.29, 1.82) is 0 Å². The molecule has 84 valence electrons. The van der Waals surface area contributed by atoms with Crippen molar-refractivity contribution in [2.45, 2.75) is 6.54 Å². The Balaban J connectivity index is 2.10. The Bertz CT molecular complexity index is 473. The monoisotopic (exact) mass is 223 g/mol. The van der Waals surface area contributed by atoms with Crippen molar-refractivity contribution >= 4 is 5.69 Å². The number of hydrogen-bond donors (Lipinski definition) is 1. The Hall–Kier alpha value is -1.91. The van der Waals surface area contributed by atoms with Crippen LogP contribution in [0.3, 0.4) is 0 Å². The number of nitrogens with zero attached hydrogens (tertiary/aromatic N) is 2. The first kappa shape index (κ1) is 10.6. The number of benzene rings is 1. The average molecular weight is 223 g/mol. The number of halogens is 2. The lowest BCUT2D eigenvalue weighted by Crippen LogP contribution is -2.03. The lowest BCUT2D eigenvalue weighted by molar-refractivity contribution is 0.560. The van der Waals surface area contributed by atoms with Gasteiger partial charge in [-0.2, -0.15) is 5.10 Å². The molecule has 1 heterocycles. The van der Waals surface area contributed by atoms with E-state index in [-0.39, 0.29) is 12.1 Å². The Morgan fingerprint density at radius 2 is 2.00 bits per heavy atom. The molecule has 2 rings (SSSR count). The number of nitrogens with one attached hydrogen (secondary N) is 1. The van der Waals surface area contributed by atoms with Crippen LogP contribution in [0.2, 0.25) is 0 Å². The van der Waals surface area contributed by atoms with E-state index in [4.69, 9.17) is 0 Å². The molecule has 0 unspecified atom stereocenters. The van der Waals surface area contributed by atoms with Crippen molar-refractivity contribution < 1.29 is 8.78 Å². The molecule has 0 saturated carbocycles. The third-order valence-corrected chi connectivity index (χ3v) is 2.24. The summed E-state index contributed by atoms with van der Waals surface area (Å²) in [5, 5.41) is 6.84. The van der Waals surface area contributed by atoms with Crippen LogP contribution in [0.15, 0.2) is 30.6 Å². The second kappa shape index (κ2) is 4.30. The first-order valence-corrected chi connectivity index (χ1v) is 4.82. The summed E-state index contributed by atoms with van der Waals surface area (Å²) >= 11 is 0. The van der Waals surface area contributed by atoms with Gasteiger partial charge in [-0.25, -0.2) is 8.78 Å². The van der Waals surface area contributed by atoms with Crippen LogP contribution in [-0.2, 0) is 13.6 Å². The van der Waals surface area contributed by atoms with Gasteiger partial charge >= 0.3 is 0 Å². The van der Waals surface area contributed by atoms with E-state index in [9.17, 15) is 8.78 Å². The van der Waals surface area contributed by atoms with Crippen LogP contribution in [0.1, 0.15) is 5.56 Å². The summed E-state index contributed by atoms with van der Waals surface area (Å²) in [6, 6.07) is 3.82. The molecule has 0 atom stereocenters. The van der Waals surface area contributed by atoms with Gasteiger partial charge < -0.3 is 5.32 Å². The fourth-order valence-corrected chi connectivity index (χ4v) is 1.40. The summed E-state index contributed by atoms with van der Waals surface area (Å²) in [5.41, 5.74) is 0.761. The molecule has 2 aromatic rings. The Morgan fingerprint density at radius 1 is 1.31 bits per heavy atom. The topological polar surface area (TPSA) is 29.9 Å². The van der Waals surface area contributed by atoms with E-state index >= 15 is 0 Å². The summed E-state index contributed by atoms with van der Waals surface area (Å²) in [6.07, 6.45) is 3.33. The molecular weight excluding hydrogens is 212 g/mol. The molecule has 5 heteroatoms.